The van der Waals surface area contributed by atoms with E-state index in [2.05, 4.69) is 40.6 Å². The number of carbonyl (C=O) groups excluding carboxylic acids is 2. The zero-order valence-corrected chi connectivity index (χ0v) is 35.9. The standard InChI is InChI=1S/C45H51N9O6Si/c1-59-44(56)51-33-14-11-29-15-17-52-25-31(21-39(55)40(33)41(29)52)42-47-23-36(50-42)28-9-7-27(8-10-28)35-22-46-34-20-30(12-13-32(34)49-35)38-24-48-43(37-6-5-16-53(37)45(57)58)54(38)26-60-18-19-61(2,3)4/h7-10,12-13,15,17,20,22-24,31,33,37,40H,5-6,11,14,16,18-19,21,25-26H2,1-4H3,(H,47,50)(H,51,56)(H,57,58)/t31-,33-,37?,40?/m0/s1. The van der Waals surface area contributed by atoms with Gasteiger partial charge in [0.2, 0.25) is 0 Å². The van der Waals surface area contributed by atoms with Gasteiger partial charge in [-0.2, -0.15) is 0 Å². The second kappa shape index (κ2) is 16.4. The maximum Gasteiger partial charge on any atom is 0.407 e. The molecule has 0 bridgehead atoms. The molecule has 2 amide bonds. The number of H-pyrrole nitrogens is 1. The average Bonchev–Trinajstić information content (AvgIpc) is 4.07. The molecule has 3 aliphatic rings. The molecule has 15 nitrogen and oxygen atoms in total. The fraction of sp³-hybridized carbons (Fsp3) is 0.400. The number of imidazole rings is 2. The highest BCUT2D eigenvalue weighted by atomic mass is 28.3. The Kier molecular flexibility index (Phi) is 10.8. The van der Waals surface area contributed by atoms with Gasteiger partial charge in [0.1, 0.15) is 24.2 Å². The number of likely N-dealkylation sites (tertiary alicyclic amines) is 1. The van der Waals surface area contributed by atoms with Gasteiger partial charge in [0.05, 0.1) is 65.8 Å². The predicted octanol–water partition coefficient (Wildman–Crippen LogP) is 7.99. The summed E-state index contributed by atoms with van der Waals surface area (Å²) < 4.78 is 15.3. The second-order valence-corrected chi connectivity index (χ2v) is 23.3. The number of fused-ring (bicyclic) bond motifs is 1. The highest BCUT2D eigenvalue weighted by molar-refractivity contribution is 6.76. The first kappa shape index (κ1) is 40.3. The van der Waals surface area contributed by atoms with Crippen LogP contribution in [0.5, 0.6) is 0 Å². The van der Waals surface area contributed by atoms with Crippen LogP contribution in [0.3, 0.4) is 0 Å². The van der Waals surface area contributed by atoms with Gasteiger partial charge < -0.3 is 34.0 Å². The lowest BCUT2D eigenvalue weighted by atomic mass is 9.79. The van der Waals surface area contributed by atoms with E-state index in [-0.39, 0.29) is 30.5 Å². The summed E-state index contributed by atoms with van der Waals surface area (Å²) in [4.78, 5) is 62.4. The number of aromatic amines is 1. The highest BCUT2D eigenvalue weighted by Gasteiger charge is 2.42. The molecule has 3 N–H and O–H groups in total. The molecule has 9 rings (SSSR count). The number of Topliss-reactive ketones (excluding diaryl/α,β-unsaturated/α-hetero) is 1. The van der Waals surface area contributed by atoms with Gasteiger partial charge in [-0.1, -0.05) is 50.0 Å². The van der Waals surface area contributed by atoms with Crippen molar-refractivity contribution in [2.45, 2.75) is 95.0 Å². The summed E-state index contributed by atoms with van der Waals surface area (Å²) in [6.07, 6.45) is 9.28. The van der Waals surface area contributed by atoms with Gasteiger partial charge in [-0.25, -0.2) is 24.5 Å². The van der Waals surface area contributed by atoms with Crippen molar-refractivity contribution >= 4 is 37.1 Å². The van der Waals surface area contributed by atoms with Crippen LogP contribution < -0.4 is 5.32 Å². The quantitative estimate of drug-likeness (QED) is 0.0854. The van der Waals surface area contributed by atoms with E-state index < -0.39 is 26.2 Å². The number of rotatable bonds is 11. The molecule has 61 heavy (non-hydrogen) atoms. The highest BCUT2D eigenvalue weighted by Crippen LogP contribution is 2.40. The van der Waals surface area contributed by atoms with E-state index in [1.165, 1.54) is 12.0 Å². The summed E-state index contributed by atoms with van der Waals surface area (Å²) in [6, 6.07) is 16.5. The minimum Gasteiger partial charge on any atom is -0.465 e. The molecule has 1 fully saturated rings. The summed E-state index contributed by atoms with van der Waals surface area (Å²) >= 11 is 0. The Morgan fingerprint density at radius 3 is 2.56 bits per heavy atom. The molecule has 16 heteroatoms. The molecule has 1 saturated heterocycles. The molecule has 4 aromatic heterocycles. The van der Waals surface area contributed by atoms with E-state index in [4.69, 9.17) is 29.4 Å². The van der Waals surface area contributed by atoms with Crippen LogP contribution in [0.2, 0.25) is 25.7 Å². The molecule has 4 atom stereocenters. The Labute approximate surface area is 354 Å². The maximum atomic E-state index is 13.8. The van der Waals surface area contributed by atoms with Crippen LogP contribution >= 0.6 is 0 Å². The third kappa shape index (κ3) is 8.09. The van der Waals surface area contributed by atoms with Crippen LogP contribution in [0.25, 0.3) is 44.8 Å². The number of aromatic nitrogens is 7. The average molecular weight is 842 g/mol. The number of hydrogen-bond donors (Lipinski definition) is 3. The molecular formula is C45H51N9O6Si. The summed E-state index contributed by atoms with van der Waals surface area (Å²) in [5.41, 5.74) is 8.82. The molecule has 2 unspecified atom stereocenters. The molecule has 1 aliphatic carbocycles. The molecule has 2 aliphatic heterocycles. The van der Waals surface area contributed by atoms with Crippen molar-refractivity contribution in [2.24, 2.45) is 0 Å². The smallest absolute Gasteiger partial charge is 0.407 e. The largest absolute Gasteiger partial charge is 0.465 e. The minimum absolute atomic E-state index is 0.0896. The number of carbonyl (C=O) groups is 3. The van der Waals surface area contributed by atoms with Crippen LogP contribution in [0.1, 0.15) is 66.5 Å². The van der Waals surface area contributed by atoms with Gasteiger partial charge in [0.15, 0.2) is 0 Å². The van der Waals surface area contributed by atoms with E-state index in [1.54, 1.807) is 6.20 Å². The number of nitrogens with zero attached hydrogens (tertiary/aromatic N) is 7. The second-order valence-electron chi connectivity index (χ2n) is 17.6. The summed E-state index contributed by atoms with van der Waals surface area (Å²) in [7, 11) is 0.0376. The number of aryl methyl sites for hydroxylation is 1. The summed E-state index contributed by atoms with van der Waals surface area (Å²) in [5, 5.41) is 12.8. The van der Waals surface area contributed by atoms with Gasteiger partial charge in [0, 0.05) is 69.2 Å². The number of alkyl carbamates (subject to hydrolysis) is 1. The van der Waals surface area contributed by atoms with Crippen LogP contribution in [-0.2, 0) is 34.0 Å². The number of amides is 2. The maximum absolute atomic E-state index is 13.8. The van der Waals surface area contributed by atoms with E-state index >= 15 is 0 Å². The van der Waals surface area contributed by atoms with E-state index in [9.17, 15) is 19.5 Å². The lowest BCUT2D eigenvalue weighted by Gasteiger charge is -2.31. The van der Waals surface area contributed by atoms with Crippen LogP contribution in [0.15, 0.2) is 73.3 Å². The molecule has 2 aromatic carbocycles. The molecule has 316 valence electrons. The van der Waals surface area contributed by atoms with Crippen LogP contribution in [-0.4, -0.2) is 96.4 Å². The number of methoxy groups -OCH3 is 1. The number of ether oxygens (including phenoxy) is 2. The van der Waals surface area contributed by atoms with Crippen molar-refractivity contribution in [1.82, 2.24) is 44.3 Å². The number of carboxylic acid groups (broad SMARTS) is 1. The molecule has 0 radical (unpaired) electrons. The first-order chi connectivity index (χ1) is 29.4. The number of hydrogen-bond acceptors (Lipinski definition) is 9. The van der Waals surface area contributed by atoms with E-state index in [1.807, 2.05) is 65.6 Å². The minimum atomic E-state index is -1.30. The van der Waals surface area contributed by atoms with Crippen molar-refractivity contribution < 1.29 is 29.0 Å². The van der Waals surface area contributed by atoms with Gasteiger partial charge in [0.25, 0.3) is 0 Å². The number of nitrogens with one attached hydrogen (secondary N) is 2. The summed E-state index contributed by atoms with van der Waals surface area (Å²) in [5.74, 6) is 0.959. The molecule has 6 heterocycles. The third-order valence-corrected chi connectivity index (χ3v) is 14.1. The Bertz CT molecular complexity index is 2610. The van der Waals surface area contributed by atoms with E-state index in [0.29, 0.717) is 44.8 Å². The molecule has 0 saturated carbocycles. The van der Waals surface area contributed by atoms with Crippen molar-refractivity contribution in [3.63, 3.8) is 0 Å². The van der Waals surface area contributed by atoms with Gasteiger partial charge in [-0.15, -0.1) is 0 Å². The first-order valence-electron chi connectivity index (χ1n) is 21.0. The van der Waals surface area contributed by atoms with Crippen LogP contribution in [0, 0.1) is 0 Å². The normalized spacial score (nSPS) is 20.1. The SMILES string of the molecule is COC(=O)N[C@H]1CCc2ccn3c2C1C(=O)C[C@H](c1ncc(-c2ccc(-c4cnc5cc(-c6cnc(C7CCCN7C(=O)O)n6COCC[Si](C)(C)C)ccc5n4)cc2)[nH]1)C3. The molecular weight excluding hydrogens is 791 g/mol. The lowest BCUT2D eigenvalue weighted by molar-refractivity contribution is -0.121. The van der Waals surface area contributed by atoms with Gasteiger partial charge in [-0.3, -0.25) is 14.7 Å². The van der Waals surface area contributed by atoms with Crippen molar-refractivity contribution in [1.29, 1.82) is 0 Å². The van der Waals surface area contributed by atoms with Gasteiger partial charge >= 0.3 is 12.2 Å². The predicted molar refractivity (Wildman–Crippen MR) is 232 cm³/mol. The Balaban J connectivity index is 0.918. The fourth-order valence-electron chi connectivity index (χ4n) is 9.19. The van der Waals surface area contributed by atoms with E-state index in [0.717, 1.165) is 80.8 Å². The Morgan fingerprint density at radius 1 is 0.967 bits per heavy atom. The van der Waals surface area contributed by atoms with Crippen molar-refractivity contribution in [2.75, 3.05) is 20.3 Å². The topological polar surface area (TPSA) is 182 Å². The molecule has 0 spiro atoms. The third-order valence-electron chi connectivity index (χ3n) is 12.4. The zero-order chi connectivity index (χ0) is 42.4. The van der Waals surface area contributed by atoms with Crippen LogP contribution in [0.4, 0.5) is 9.59 Å². The lowest BCUT2D eigenvalue weighted by Crippen LogP contribution is -2.44. The van der Waals surface area contributed by atoms with Crippen molar-refractivity contribution in [3.05, 3.63) is 96.2 Å². The monoisotopic (exact) mass is 841 g/mol. The fourth-order valence-corrected chi connectivity index (χ4v) is 9.94. The molecule has 6 aromatic rings. The van der Waals surface area contributed by atoms with Gasteiger partial charge in [-0.05, 0) is 61.1 Å². The number of benzene rings is 2. The number of ketones is 1. The van der Waals surface area contributed by atoms with Crippen molar-refractivity contribution in [3.8, 4) is 33.8 Å². The zero-order valence-electron chi connectivity index (χ0n) is 34.9. The Morgan fingerprint density at radius 2 is 1.77 bits per heavy atom. The summed E-state index contributed by atoms with van der Waals surface area (Å²) in [6.45, 7) is 8.97. The Hall–Kier alpha value is -6.13. The first-order valence-corrected chi connectivity index (χ1v) is 24.8.